The van der Waals surface area contributed by atoms with Crippen molar-refractivity contribution in [2.24, 2.45) is 4.99 Å². The molecule has 3 atom stereocenters. The molecule has 1 fully saturated rings. The number of amides is 1. The van der Waals surface area contributed by atoms with Crippen LogP contribution in [0.5, 0.6) is 5.75 Å². The predicted molar refractivity (Wildman–Crippen MR) is 139 cm³/mol. The van der Waals surface area contributed by atoms with Gasteiger partial charge < -0.3 is 29.5 Å². The van der Waals surface area contributed by atoms with Crippen LogP contribution in [0.2, 0.25) is 0 Å². The lowest BCUT2D eigenvalue weighted by atomic mass is 9.93. The van der Waals surface area contributed by atoms with Crippen molar-refractivity contribution in [3.05, 3.63) is 54.4 Å². The average Bonchev–Trinajstić information content (AvgIpc) is 3.36. The number of carbonyl (C=O) groups excluding carboxylic acids is 1. The van der Waals surface area contributed by atoms with Crippen LogP contribution in [0.4, 0.5) is 5.69 Å². The number of anilines is 1. The summed E-state index contributed by atoms with van der Waals surface area (Å²) >= 11 is 0. The molecule has 0 radical (unpaired) electrons. The summed E-state index contributed by atoms with van der Waals surface area (Å²) in [6.45, 7) is 12.0. The number of hydrogen-bond acceptors (Lipinski definition) is 7. The quantitative estimate of drug-likeness (QED) is 0.541. The van der Waals surface area contributed by atoms with Crippen molar-refractivity contribution < 1.29 is 14.6 Å². The zero-order chi connectivity index (χ0) is 25.1. The van der Waals surface area contributed by atoms with Gasteiger partial charge in [0.05, 0.1) is 29.6 Å². The molecule has 2 N–H and O–H groups in total. The number of rotatable bonds is 2. The molecule has 3 aliphatic heterocycles. The van der Waals surface area contributed by atoms with Gasteiger partial charge in [0.2, 0.25) is 12.3 Å². The standard InChI is InChI=1S/C27H30N6O3/c1-5-21(34)32-12-17(4)33(13-16(32)3)26-19-8-7-18(22-15(2)6-9-20-23(22)29-14-28-20)25-24(19)31(10-11-36-25)27(35)30-26/h5-9,14,16-17,27,35H,1,10-13H2,2-4H3,(H,28,29)/t16-,17+,27?/m1/s1. The third-order valence-corrected chi connectivity index (χ3v) is 7.54. The van der Waals surface area contributed by atoms with Crippen LogP contribution in [0.25, 0.3) is 22.2 Å². The molecule has 0 spiro atoms. The van der Waals surface area contributed by atoms with Crippen LogP contribution in [0.1, 0.15) is 25.0 Å². The summed E-state index contributed by atoms with van der Waals surface area (Å²) in [4.78, 5) is 30.8. The second-order valence-electron chi connectivity index (χ2n) is 9.78. The smallest absolute Gasteiger partial charge is 0.246 e. The van der Waals surface area contributed by atoms with Crippen molar-refractivity contribution in [2.75, 3.05) is 31.1 Å². The molecule has 4 heterocycles. The summed E-state index contributed by atoms with van der Waals surface area (Å²) in [6.07, 6.45) is 2.06. The molecule has 9 heteroatoms. The molecule has 1 unspecified atom stereocenters. The van der Waals surface area contributed by atoms with E-state index in [1.54, 1.807) is 6.33 Å². The van der Waals surface area contributed by atoms with Gasteiger partial charge >= 0.3 is 0 Å². The summed E-state index contributed by atoms with van der Waals surface area (Å²) in [7, 11) is 0. The molecule has 0 saturated carbocycles. The molecule has 1 saturated heterocycles. The molecule has 3 aromatic rings. The van der Waals surface area contributed by atoms with Gasteiger partial charge in [-0.3, -0.25) is 4.79 Å². The van der Waals surface area contributed by atoms with Gasteiger partial charge in [0.25, 0.3) is 0 Å². The second kappa shape index (κ2) is 8.37. The summed E-state index contributed by atoms with van der Waals surface area (Å²) in [5, 5.41) is 11.1. The first-order valence-electron chi connectivity index (χ1n) is 12.3. The van der Waals surface area contributed by atoms with E-state index in [1.165, 1.54) is 6.08 Å². The second-order valence-corrected chi connectivity index (χ2v) is 9.78. The number of carbonyl (C=O) groups is 1. The highest BCUT2D eigenvalue weighted by atomic mass is 16.5. The maximum atomic E-state index is 12.4. The molecule has 2 aromatic carbocycles. The van der Waals surface area contributed by atoms with Gasteiger partial charge in [-0.1, -0.05) is 12.6 Å². The number of nitrogens with one attached hydrogen (secondary N) is 1. The minimum Gasteiger partial charge on any atom is -0.489 e. The summed E-state index contributed by atoms with van der Waals surface area (Å²) in [5.74, 6) is 1.40. The number of benzene rings is 2. The highest BCUT2D eigenvalue weighted by molar-refractivity contribution is 6.09. The zero-order valence-corrected chi connectivity index (χ0v) is 20.7. The maximum Gasteiger partial charge on any atom is 0.246 e. The molecule has 1 aromatic heterocycles. The summed E-state index contributed by atoms with van der Waals surface area (Å²) in [5.41, 5.74) is 6.70. The van der Waals surface area contributed by atoms with Crippen LogP contribution in [0, 0.1) is 6.92 Å². The number of ether oxygens (including phenoxy) is 1. The number of aliphatic hydroxyl groups excluding tert-OH is 1. The summed E-state index contributed by atoms with van der Waals surface area (Å²) in [6, 6.07) is 8.26. The van der Waals surface area contributed by atoms with E-state index in [9.17, 15) is 9.90 Å². The first-order valence-corrected chi connectivity index (χ1v) is 12.3. The van der Waals surface area contributed by atoms with Crippen molar-refractivity contribution in [1.29, 1.82) is 0 Å². The largest absolute Gasteiger partial charge is 0.489 e. The lowest BCUT2D eigenvalue weighted by Gasteiger charge is -2.47. The number of aliphatic imine (C=N–C) groups is 1. The molecule has 186 valence electrons. The average molecular weight is 487 g/mol. The van der Waals surface area contributed by atoms with E-state index in [2.05, 4.69) is 53.5 Å². The van der Waals surface area contributed by atoms with Crippen molar-refractivity contribution in [3.63, 3.8) is 0 Å². The Hall–Kier alpha value is -3.85. The van der Waals surface area contributed by atoms with Crippen LogP contribution < -0.4 is 9.64 Å². The fourth-order valence-electron chi connectivity index (χ4n) is 5.74. The van der Waals surface area contributed by atoms with E-state index in [4.69, 9.17) is 9.73 Å². The van der Waals surface area contributed by atoms with Gasteiger partial charge in [0.1, 0.15) is 12.4 Å². The molecule has 9 nitrogen and oxygen atoms in total. The Morgan fingerprint density at radius 1 is 1.17 bits per heavy atom. The number of aromatic amines is 1. The van der Waals surface area contributed by atoms with Crippen molar-refractivity contribution in [1.82, 2.24) is 19.8 Å². The van der Waals surface area contributed by atoms with Gasteiger partial charge in [-0.15, -0.1) is 0 Å². The molecule has 3 aliphatic rings. The van der Waals surface area contributed by atoms with Gasteiger partial charge in [0, 0.05) is 41.9 Å². The fraction of sp³-hybridized carbons (Fsp3) is 0.370. The molecule has 1 amide bonds. The number of piperazine rings is 1. The van der Waals surface area contributed by atoms with Crippen molar-refractivity contribution in [2.45, 2.75) is 39.2 Å². The number of H-pyrrole nitrogens is 1. The topological polar surface area (TPSA) is 97.3 Å². The highest BCUT2D eigenvalue weighted by Crippen LogP contribution is 2.48. The van der Waals surface area contributed by atoms with Gasteiger partial charge in [-0.05, 0) is 50.6 Å². The number of aliphatic hydroxyl groups is 1. The molecule has 6 rings (SSSR count). The van der Waals surface area contributed by atoms with Crippen LogP contribution >= 0.6 is 0 Å². The third-order valence-electron chi connectivity index (χ3n) is 7.54. The third kappa shape index (κ3) is 3.30. The molecular formula is C27H30N6O3. The minimum atomic E-state index is -1.01. The molecule has 0 bridgehead atoms. The first-order chi connectivity index (χ1) is 17.4. The number of fused-ring (bicyclic) bond motifs is 1. The van der Waals surface area contributed by atoms with Gasteiger partial charge in [-0.25, -0.2) is 9.98 Å². The number of imidazole rings is 1. The molecule has 36 heavy (non-hydrogen) atoms. The minimum absolute atomic E-state index is 0.0162. The Morgan fingerprint density at radius 2 is 1.97 bits per heavy atom. The predicted octanol–water partition coefficient (Wildman–Crippen LogP) is 2.88. The number of hydrogen-bond donors (Lipinski definition) is 2. The van der Waals surface area contributed by atoms with Crippen LogP contribution in [-0.2, 0) is 4.79 Å². The molecular weight excluding hydrogens is 456 g/mol. The van der Waals surface area contributed by atoms with E-state index in [1.807, 2.05) is 22.8 Å². The lowest BCUT2D eigenvalue weighted by Crippen LogP contribution is -2.60. The Kier molecular flexibility index (Phi) is 5.26. The number of nitrogens with zero attached hydrogens (tertiary/aromatic N) is 5. The highest BCUT2D eigenvalue weighted by Gasteiger charge is 2.40. The van der Waals surface area contributed by atoms with E-state index in [0.717, 1.165) is 50.6 Å². The number of aryl methyl sites for hydroxylation is 1. The van der Waals surface area contributed by atoms with Crippen molar-refractivity contribution >= 4 is 28.5 Å². The first kappa shape index (κ1) is 22.6. The lowest BCUT2D eigenvalue weighted by molar-refractivity contribution is -0.130. The number of amidine groups is 1. The van der Waals surface area contributed by atoms with Gasteiger partial charge in [0.15, 0.2) is 5.75 Å². The monoisotopic (exact) mass is 486 g/mol. The Bertz CT molecular complexity index is 1410. The Morgan fingerprint density at radius 3 is 2.78 bits per heavy atom. The Balaban J connectivity index is 1.47. The van der Waals surface area contributed by atoms with Crippen LogP contribution in [0.15, 0.2) is 48.2 Å². The van der Waals surface area contributed by atoms with E-state index < -0.39 is 6.35 Å². The SMILES string of the molecule is C=CC(=O)N1C[C@H](C)N(C2=NC(O)N3CCOc4c(-c5c(C)ccc6[nH]cnc56)ccc2c43)C[C@H]1C. The zero-order valence-electron chi connectivity index (χ0n) is 20.7. The molecule has 0 aliphatic carbocycles. The van der Waals surface area contributed by atoms with E-state index in [0.29, 0.717) is 26.2 Å². The number of aromatic nitrogens is 2. The van der Waals surface area contributed by atoms with Crippen molar-refractivity contribution in [3.8, 4) is 16.9 Å². The fourth-order valence-corrected chi connectivity index (χ4v) is 5.74. The van der Waals surface area contributed by atoms with E-state index >= 15 is 0 Å². The summed E-state index contributed by atoms with van der Waals surface area (Å²) < 4.78 is 6.30. The van der Waals surface area contributed by atoms with Crippen LogP contribution in [-0.4, -0.2) is 81.3 Å². The maximum absolute atomic E-state index is 12.4. The van der Waals surface area contributed by atoms with Gasteiger partial charge in [-0.2, -0.15) is 0 Å². The normalized spacial score (nSPS) is 23.3. The Labute approximate surface area is 209 Å². The van der Waals surface area contributed by atoms with E-state index in [-0.39, 0.29) is 18.0 Å². The van der Waals surface area contributed by atoms with Crippen LogP contribution in [0.3, 0.4) is 0 Å².